The zero-order chi connectivity index (χ0) is 12.4. The number of aryl methyl sites for hydroxylation is 1. The molecule has 1 aromatic carbocycles. The lowest BCUT2D eigenvalue weighted by molar-refractivity contribution is 0.880. The third kappa shape index (κ3) is 2.19. The summed E-state index contributed by atoms with van der Waals surface area (Å²) in [6, 6.07) is 10.7. The van der Waals surface area contributed by atoms with Crippen LogP contribution in [0.5, 0.6) is 0 Å². The molecule has 0 aliphatic rings. The van der Waals surface area contributed by atoms with Crippen molar-refractivity contribution in [2.45, 2.75) is 13.3 Å². The van der Waals surface area contributed by atoms with E-state index in [-0.39, 0.29) is 11.2 Å². The molecular weight excluding hydrogens is 236 g/mol. The van der Waals surface area contributed by atoms with Gasteiger partial charge in [-0.3, -0.25) is 9.36 Å². The highest BCUT2D eigenvalue weighted by Crippen LogP contribution is 2.16. The summed E-state index contributed by atoms with van der Waals surface area (Å²) in [5.41, 5.74) is 7.34. The van der Waals surface area contributed by atoms with Gasteiger partial charge in [0.05, 0.1) is 11.4 Å². The Hall–Kier alpha value is -1.74. The van der Waals surface area contributed by atoms with Gasteiger partial charge in [-0.2, -0.15) is 0 Å². The van der Waals surface area contributed by atoms with Crippen molar-refractivity contribution in [1.29, 1.82) is 0 Å². The van der Waals surface area contributed by atoms with Gasteiger partial charge < -0.3 is 5.73 Å². The molecule has 2 N–H and O–H groups in total. The predicted molar refractivity (Wildman–Crippen MR) is 70.8 cm³/mol. The summed E-state index contributed by atoms with van der Waals surface area (Å²) >= 11 is 5.94. The van der Waals surface area contributed by atoms with Crippen LogP contribution in [0.15, 0.2) is 41.2 Å². The van der Waals surface area contributed by atoms with E-state index in [1.165, 1.54) is 0 Å². The van der Waals surface area contributed by atoms with Gasteiger partial charge in [0.1, 0.15) is 0 Å². The first-order valence-corrected chi connectivity index (χ1v) is 5.77. The Morgan fingerprint density at radius 3 is 2.71 bits per heavy atom. The molecule has 0 saturated heterocycles. The van der Waals surface area contributed by atoms with E-state index in [0.717, 1.165) is 17.8 Å². The van der Waals surface area contributed by atoms with Crippen molar-refractivity contribution < 1.29 is 0 Å². The summed E-state index contributed by atoms with van der Waals surface area (Å²) in [6.07, 6.45) is 0.752. The number of nitrogen functional groups attached to an aromatic ring is 1. The van der Waals surface area contributed by atoms with Crippen molar-refractivity contribution in [1.82, 2.24) is 4.57 Å². The third-order valence-corrected chi connectivity index (χ3v) is 2.86. The molecule has 17 heavy (non-hydrogen) atoms. The number of nitrogens with zero attached hydrogens (tertiary/aromatic N) is 1. The molecule has 0 amide bonds. The van der Waals surface area contributed by atoms with Crippen molar-refractivity contribution in [3.63, 3.8) is 0 Å². The average molecular weight is 249 g/mol. The Kier molecular flexibility index (Phi) is 3.20. The van der Waals surface area contributed by atoms with Gasteiger partial charge in [0, 0.05) is 10.7 Å². The molecule has 1 heterocycles. The molecule has 3 nitrogen and oxygen atoms in total. The predicted octanol–water partition coefficient (Wildman–Crippen LogP) is 2.64. The molecule has 0 saturated carbocycles. The van der Waals surface area contributed by atoms with Gasteiger partial charge >= 0.3 is 0 Å². The first-order valence-electron chi connectivity index (χ1n) is 5.40. The smallest absolute Gasteiger partial charge is 0.278 e. The molecule has 0 aliphatic heterocycles. The van der Waals surface area contributed by atoms with Crippen LogP contribution in [0.1, 0.15) is 12.6 Å². The number of hydrogen-bond donors (Lipinski definition) is 1. The van der Waals surface area contributed by atoms with Gasteiger partial charge in [-0.05, 0) is 36.8 Å². The number of pyridine rings is 1. The summed E-state index contributed by atoms with van der Waals surface area (Å²) in [5, 5.41) is 0.596. The van der Waals surface area contributed by atoms with E-state index < -0.39 is 0 Å². The molecule has 1 aromatic heterocycles. The molecule has 0 bridgehead atoms. The van der Waals surface area contributed by atoms with E-state index in [1.807, 2.05) is 25.1 Å². The van der Waals surface area contributed by atoms with Gasteiger partial charge in [0.15, 0.2) is 0 Å². The highest BCUT2D eigenvalue weighted by atomic mass is 35.5. The minimum atomic E-state index is -0.202. The molecular formula is C13H13ClN2O. The number of aromatic nitrogens is 1. The van der Waals surface area contributed by atoms with Gasteiger partial charge in [-0.1, -0.05) is 24.6 Å². The lowest BCUT2D eigenvalue weighted by atomic mass is 10.2. The van der Waals surface area contributed by atoms with E-state index in [2.05, 4.69) is 0 Å². The Morgan fingerprint density at radius 1 is 1.29 bits per heavy atom. The minimum absolute atomic E-state index is 0.202. The number of anilines is 1. The van der Waals surface area contributed by atoms with Crippen molar-refractivity contribution in [3.05, 3.63) is 57.5 Å². The zero-order valence-corrected chi connectivity index (χ0v) is 10.2. The van der Waals surface area contributed by atoms with Crippen LogP contribution in [-0.4, -0.2) is 4.57 Å². The summed E-state index contributed by atoms with van der Waals surface area (Å²) < 4.78 is 1.60. The second-order valence-electron chi connectivity index (χ2n) is 3.75. The fourth-order valence-corrected chi connectivity index (χ4v) is 1.95. The van der Waals surface area contributed by atoms with E-state index in [0.29, 0.717) is 5.02 Å². The quantitative estimate of drug-likeness (QED) is 0.888. The van der Waals surface area contributed by atoms with Crippen molar-refractivity contribution >= 4 is 17.3 Å². The third-order valence-electron chi connectivity index (χ3n) is 2.62. The topological polar surface area (TPSA) is 48.0 Å². The lowest BCUT2D eigenvalue weighted by Gasteiger charge is -2.12. The number of hydrogen-bond acceptors (Lipinski definition) is 2. The molecule has 88 valence electrons. The molecule has 4 heteroatoms. The molecule has 0 unspecified atom stereocenters. The van der Waals surface area contributed by atoms with Crippen molar-refractivity contribution in [2.75, 3.05) is 5.73 Å². The first-order chi connectivity index (χ1) is 8.13. The summed E-state index contributed by atoms with van der Waals surface area (Å²) in [6.45, 7) is 1.99. The first kappa shape index (κ1) is 11.7. The van der Waals surface area contributed by atoms with Crippen molar-refractivity contribution in [3.8, 4) is 5.69 Å². The van der Waals surface area contributed by atoms with Crippen LogP contribution in [0.4, 0.5) is 5.69 Å². The van der Waals surface area contributed by atoms with Gasteiger partial charge in [0.2, 0.25) is 0 Å². The Balaban J connectivity index is 2.74. The Bertz CT molecular complexity index is 605. The maximum absolute atomic E-state index is 12.1. The maximum Gasteiger partial charge on any atom is 0.278 e. The van der Waals surface area contributed by atoms with Gasteiger partial charge in [-0.25, -0.2) is 0 Å². The molecule has 2 aromatic rings. The van der Waals surface area contributed by atoms with E-state index in [9.17, 15) is 4.79 Å². The standard InChI is InChI=1S/C13H13ClN2O/c1-2-10-6-7-12(15)13(17)16(10)11-5-3-4-9(14)8-11/h3-8H,2,15H2,1H3. The molecule has 0 spiro atoms. The largest absolute Gasteiger partial charge is 0.394 e. The van der Waals surface area contributed by atoms with Crippen LogP contribution in [0.3, 0.4) is 0 Å². The van der Waals surface area contributed by atoms with Crippen LogP contribution in [-0.2, 0) is 6.42 Å². The lowest BCUT2D eigenvalue weighted by Crippen LogP contribution is -2.24. The van der Waals surface area contributed by atoms with E-state index in [4.69, 9.17) is 17.3 Å². The molecule has 2 rings (SSSR count). The van der Waals surface area contributed by atoms with Crippen LogP contribution < -0.4 is 11.3 Å². The monoisotopic (exact) mass is 248 g/mol. The second kappa shape index (κ2) is 4.63. The zero-order valence-electron chi connectivity index (χ0n) is 9.48. The van der Waals surface area contributed by atoms with Crippen LogP contribution >= 0.6 is 11.6 Å². The highest BCUT2D eigenvalue weighted by Gasteiger charge is 2.07. The molecule has 0 aliphatic carbocycles. The SMILES string of the molecule is CCc1ccc(N)c(=O)n1-c1cccc(Cl)c1. The van der Waals surface area contributed by atoms with Crippen molar-refractivity contribution in [2.24, 2.45) is 0 Å². The number of nitrogens with two attached hydrogens (primary N) is 1. The van der Waals surface area contributed by atoms with Gasteiger partial charge in [0.25, 0.3) is 5.56 Å². The fourth-order valence-electron chi connectivity index (χ4n) is 1.77. The Labute approximate surface area is 104 Å². The number of rotatable bonds is 2. The summed E-state index contributed by atoms with van der Waals surface area (Å²) in [4.78, 5) is 12.1. The normalized spacial score (nSPS) is 10.5. The molecule has 0 radical (unpaired) electrons. The second-order valence-corrected chi connectivity index (χ2v) is 4.19. The molecule has 0 atom stereocenters. The number of benzene rings is 1. The molecule has 0 fully saturated rings. The summed E-state index contributed by atoms with van der Waals surface area (Å²) in [5.74, 6) is 0. The minimum Gasteiger partial charge on any atom is -0.394 e. The number of halogens is 1. The fraction of sp³-hybridized carbons (Fsp3) is 0.154. The van der Waals surface area contributed by atoms with Crippen LogP contribution in [0, 0.1) is 0 Å². The average Bonchev–Trinajstić information content (AvgIpc) is 2.32. The van der Waals surface area contributed by atoms with Gasteiger partial charge in [-0.15, -0.1) is 0 Å². The van der Waals surface area contributed by atoms with E-state index in [1.54, 1.807) is 22.8 Å². The maximum atomic E-state index is 12.1. The van der Waals surface area contributed by atoms with Crippen LogP contribution in [0.2, 0.25) is 5.02 Å². The summed E-state index contributed by atoms with van der Waals surface area (Å²) in [7, 11) is 0. The Morgan fingerprint density at radius 2 is 2.06 bits per heavy atom. The highest BCUT2D eigenvalue weighted by molar-refractivity contribution is 6.30. The van der Waals surface area contributed by atoms with Crippen LogP contribution in [0.25, 0.3) is 5.69 Å². The van der Waals surface area contributed by atoms with E-state index >= 15 is 0 Å².